The lowest BCUT2D eigenvalue weighted by atomic mass is 10.1. The molecule has 3 heterocycles. The lowest BCUT2D eigenvalue weighted by molar-refractivity contribution is -0.111. The van der Waals surface area contributed by atoms with Crippen LogP contribution < -0.4 is 15.5 Å². The number of benzene rings is 2. The van der Waals surface area contributed by atoms with Gasteiger partial charge in [0.2, 0.25) is 11.9 Å². The van der Waals surface area contributed by atoms with Crippen molar-refractivity contribution in [1.29, 1.82) is 0 Å². The molecule has 1 amide bonds. The smallest absolute Gasteiger partial charge is 0.247 e. The summed E-state index contributed by atoms with van der Waals surface area (Å²) >= 11 is 0. The van der Waals surface area contributed by atoms with Gasteiger partial charge in [0.1, 0.15) is 22.5 Å². The molecule has 0 saturated carbocycles. The molecule has 178 valence electrons. The number of rotatable bonds is 6. The second-order valence-corrected chi connectivity index (χ2v) is 8.38. The van der Waals surface area contributed by atoms with Crippen molar-refractivity contribution in [3.05, 3.63) is 67.1 Å². The Morgan fingerprint density at radius 3 is 2.77 bits per heavy atom. The lowest BCUT2D eigenvalue weighted by Gasteiger charge is -2.34. The molecule has 35 heavy (non-hydrogen) atoms. The Hall–Kier alpha value is -4.31. The Bertz CT molecular complexity index is 1390. The molecular formula is C25H25FN8O. The number of carbonyl (C=O) groups excluding carboxylic acids is 1. The van der Waals surface area contributed by atoms with Crippen LogP contribution in [-0.2, 0) is 4.79 Å². The molecule has 1 fully saturated rings. The fraction of sp³-hybridized carbons (Fsp3) is 0.200. The van der Waals surface area contributed by atoms with Gasteiger partial charge in [-0.05, 0) is 43.5 Å². The van der Waals surface area contributed by atoms with Crippen LogP contribution >= 0.6 is 0 Å². The maximum absolute atomic E-state index is 14.9. The van der Waals surface area contributed by atoms with Gasteiger partial charge in [0.05, 0.1) is 11.9 Å². The average Bonchev–Trinajstić information content (AvgIpc) is 3.29. The third-order valence-corrected chi connectivity index (χ3v) is 5.96. The zero-order chi connectivity index (χ0) is 24.4. The molecule has 1 saturated heterocycles. The zero-order valence-corrected chi connectivity index (χ0v) is 19.3. The lowest BCUT2D eigenvalue weighted by Crippen LogP contribution is -2.44. The molecule has 3 N–H and O–H groups in total. The summed E-state index contributed by atoms with van der Waals surface area (Å²) in [5, 5.41) is 13.0. The minimum Gasteiger partial charge on any atom is -0.369 e. The predicted octanol–water partition coefficient (Wildman–Crippen LogP) is 3.78. The molecule has 1 aliphatic heterocycles. The van der Waals surface area contributed by atoms with Crippen molar-refractivity contribution in [1.82, 2.24) is 25.1 Å². The first-order valence-electron chi connectivity index (χ1n) is 11.3. The van der Waals surface area contributed by atoms with E-state index in [4.69, 9.17) is 0 Å². The summed E-state index contributed by atoms with van der Waals surface area (Å²) in [5.74, 6) is -0.422. The number of amides is 1. The first kappa shape index (κ1) is 22.5. The van der Waals surface area contributed by atoms with Crippen molar-refractivity contribution >= 4 is 40.0 Å². The number of aromatic amines is 1. The van der Waals surface area contributed by atoms with Gasteiger partial charge in [-0.25, -0.2) is 14.4 Å². The number of likely N-dealkylation sites (N-methyl/N-ethyl adjacent to an activating group) is 1. The van der Waals surface area contributed by atoms with E-state index in [0.29, 0.717) is 28.1 Å². The maximum Gasteiger partial charge on any atom is 0.247 e. The molecule has 2 aromatic heterocycles. The number of aromatic nitrogens is 4. The van der Waals surface area contributed by atoms with E-state index in [0.717, 1.165) is 37.4 Å². The third-order valence-electron chi connectivity index (χ3n) is 5.96. The Morgan fingerprint density at radius 2 is 2.00 bits per heavy atom. The van der Waals surface area contributed by atoms with Gasteiger partial charge in [0.15, 0.2) is 0 Å². The van der Waals surface area contributed by atoms with Gasteiger partial charge >= 0.3 is 0 Å². The van der Waals surface area contributed by atoms with E-state index in [1.54, 1.807) is 30.5 Å². The van der Waals surface area contributed by atoms with Crippen molar-refractivity contribution in [2.75, 3.05) is 48.8 Å². The van der Waals surface area contributed by atoms with Crippen molar-refractivity contribution in [2.24, 2.45) is 0 Å². The fourth-order valence-electron chi connectivity index (χ4n) is 4.00. The second-order valence-electron chi connectivity index (χ2n) is 8.38. The number of H-pyrrole nitrogens is 1. The normalized spacial score (nSPS) is 14.2. The van der Waals surface area contributed by atoms with Crippen LogP contribution in [0, 0.1) is 5.82 Å². The number of piperazine rings is 1. The van der Waals surface area contributed by atoms with Gasteiger partial charge in [0.25, 0.3) is 0 Å². The number of nitrogens with one attached hydrogen (secondary N) is 3. The molecule has 9 nitrogen and oxygen atoms in total. The van der Waals surface area contributed by atoms with Gasteiger partial charge in [0, 0.05) is 43.1 Å². The molecule has 0 aliphatic carbocycles. The van der Waals surface area contributed by atoms with E-state index < -0.39 is 0 Å². The summed E-state index contributed by atoms with van der Waals surface area (Å²) < 4.78 is 14.9. The van der Waals surface area contributed by atoms with Crippen LogP contribution in [0.3, 0.4) is 0 Å². The van der Waals surface area contributed by atoms with Crippen LogP contribution in [0.2, 0.25) is 0 Å². The highest BCUT2D eigenvalue weighted by Gasteiger charge is 2.17. The van der Waals surface area contributed by atoms with Crippen LogP contribution in [0.4, 0.5) is 27.4 Å². The SMILES string of the molecule is C=CC(=O)Nc1cccc(-c2n[nH]c3cnc(Nc4ccc(N5CCN(C)CC5)cc4F)nc23)c1. The molecule has 10 heteroatoms. The highest BCUT2D eigenvalue weighted by molar-refractivity contribution is 5.99. The van der Waals surface area contributed by atoms with E-state index in [-0.39, 0.29) is 17.7 Å². The minimum atomic E-state index is -0.372. The van der Waals surface area contributed by atoms with Gasteiger partial charge in [-0.15, -0.1) is 0 Å². The molecule has 0 atom stereocenters. The standard InChI is InChI=1S/C25H25FN8O/c1-3-22(35)28-17-6-4-5-16(13-17)23-24-21(31-32-23)15-27-25(30-24)29-20-8-7-18(14-19(20)26)34-11-9-33(2)10-12-34/h3-8,13-15H,1,9-12H2,2H3,(H,28,35)(H,31,32)(H,27,29,30). The summed E-state index contributed by atoms with van der Waals surface area (Å²) in [6, 6.07) is 12.4. The average molecular weight is 473 g/mol. The minimum absolute atomic E-state index is 0.252. The Labute approximate surface area is 201 Å². The molecule has 0 spiro atoms. The van der Waals surface area contributed by atoms with Crippen molar-refractivity contribution in [2.45, 2.75) is 0 Å². The van der Waals surface area contributed by atoms with Crippen LogP contribution in [0.15, 0.2) is 61.3 Å². The van der Waals surface area contributed by atoms with Crippen LogP contribution in [-0.4, -0.2) is 64.2 Å². The molecule has 4 aromatic rings. The number of fused-ring (bicyclic) bond motifs is 1. The number of halogens is 1. The largest absolute Gasteiger partial charge is 0.369 e. The molecule has 2 aromatic carbocycles. The van der Waals surface area contributed by atoms with Gasteiger partial charge in [-0.3, -0.25) is 9.89 Å². The van der Waals surface area contributed by atoms with Crippen molar-refractivity contribution in [3.63, 3.8) is 0 Å². The first-order valence-corrected chi connectivity index (χ1v) is 11.3. The number of anilines is 4. The van der Waals surface area contributed by atoms with Crippen molar-refractivity contribution < 1.29 is 9.18 Å². The van der Waals surface area contributed by atoms with E-state index >= 15 is 0 Å². The highest BCUT2D eigenvalue weighted by Crippen LogP contribution is 2.29. The number of carbonyl (C=O) groups is 1. The number of hydrogen-bond acceptors (Lipinski definition) is 7. The molecular weight excluding hydrogens is 447 g/mol. The highest BCUT2D eigenvalue weighted by atomic mass is 19.1. The van der Waals surface area contributed by atoms with Crippen LogP contribution in [0.1, 0.15) is 0 Å². The number of nitrogens with zero attached hydrogens (tertiary/aromatic N) is 5. The molecule has 0 bridgehead atoms. The van der Waals surface area contributed by atoms with E-state index in [1.165, 1.54) is 6.08 Å². The number of hydrogen-bond donors (Lipinski definition) is 3. The fourth-order valence-corrected chi connectivity index (χ4v) is 4.00. The topological polar surface area (TPSA) is 102 Å². The monoisotopic (exact) mass is 472 g/mol. The predicted molar refractivity (Wildman–Crippen MR) is 135 cm³/mol. The van der Waals surface area contributed by atoms with Gasteiger partial charge in [-0.2, -0.15) is 5.10 Å². The summed E-state index contributed by atoms with van der Waals surface area (Å²) in [6.07, 6.45) is 2.81. The van der Waals surface area contributed by atoms with E-state index in [1.807, 2.05) is 18.2 Å². The quantitative estimate of drug-likeness (QED) is 0.367. The molecule has 0 radical (unpaired) electrons. The van der Waals surface area contributed by atoms with Crippen LogP contribution in [0.25, 0.3) is 22.3 Å². The van der Waals surface area contributed by atoms with E-state index in [2.05, 4.69) is 54.2 Å². The third kappa shape index (κ3) is 4.82. The first-order chi connectivity index (χ1) is 17.0. The van der Waals surface area contributed by atoms with Crippen LogP contribution in [0.5, 0.6) is 0 Å². The molecule has 1 aliphatic rings. The maximum atomic E-state index is 14.9. The molecule has 5 rings (SSSR count). The van der Waals surface area contributed by atoms with Gasteiger partial charge in [-0.1, -0.05) is 18.7 Å². The second kappa shape index (κ2) is 9.51. The van der Waals surface area contributed by atoms with E-state index in [9.17, 15) is 9.18 Å². The molecule has 0 unspecified atom stereocenters. The Kier molecular flexibility index (Phi) is 6.11. The summed E-state index contributed by atoms with van der Waals surface area (Å²) in [5.41, 5.74) is 4.32. The summed E-state index contributed by atoms with van der Waals surface area (Å²) in [4.78, 5) is 25.0. The van der Waals surface area contributed by atoms with Crippen molar-refractivity contribution in [3.8, 4) is 11.3 Å². The zero-order valence-electron chi connectivity index (χ0n) is 19.3. The van der Waals surface area contributed by atoms with Gasteiger partial charge < -0.3 is 20.4 Å². The Balaban J connectivity index is 1.39. The Morgan fingerprint density at radius 1 is 1.17 bits per heavy atom. The summed E-state index contributed by atoms with van der Waals surface area (Å²) in [6.45, 7) is 7.10. The summed E-state index contributed by atoms with van der Waals surface area (Å²) in [7, 11) is 2.09.